The van der Waals surface area contributed by atoms with Crippen molar-refractivity contribution >= 4 is 15.9 Å². The lowest BCUT2D eigenvalue weighted by Crippen LogP contribution is -2.01. The molecule has 0 spiro atoms. The van der Waals surface area contributed by atoms with Crippen molar-refractivity contribution < 1.29 is 9.47 Å². The number of benzene rings is 1. The van der Waals surface area contributed by atoms with Crippen molar-refractivity contribution in [3.05, 3.63) is 40.1 Å². The van der Waals surface area contributed by atoms with Crippen molar-refractivity contribution in [3.63, 3.8) is 0 Å². The Morgan fingerprint density at radius 1 is 1.37 bits per heavy atom. The van der Waals surface area contributed by atoms with Crippen molar-refractivity contribution in [2.24, 2.45) is 12.8 Å². The van der Waals surface area contributed by atoms with Crippen molar-refractivity contribution in [3.8, 4) is 11.5 Å². The molecule has 19 heavy (non-hydrogen) atoms. The predicted octanol–water partition coefficient (Wildman–Crippen LogP) is 2.23. The Morgan fingerprint density at radius 3 is 2.74 bits per heavy atom. The Labute approximate surface area is 120 Å². The first-order chi connectivity index (χ1) is 9.13. The van der Waals surface area contributed by atoms with Crippen molar-refractivity contribution in [2.45, 2.75) is 13.2 Å². The molecule has 0 unspecified atom stereocenters. The van der Waals surface area contributed by atoms with Crippen LogP contribution in [-0.4, -0.2) is 16.9 Å². The summed E-state index contributed by atoms with van der Waals surface area (Å²) in [6.07, 6.45) is 3.68. The highest BCUT2D eigenvalue weighted by Crippen LogP contribution is 2.37. The van der Waals surface area contributed by atoms with Crippen molar-refractivity contribution in [2.75, 3.05) is 7.11 Å². The number of hydrogen-bond acceptors (Lipinski definition) is 4. The number of ether oxygens (including phenoxy) is 2. The molecule has 5 nitrogen and oxygen atoms in total. The molecule has 1 aromatic heterocycles. The van der Waals surface area contributed by atoms with Crippen LogP contribution < -0.4 is 15.2 Å². The predicted molar refractivity (Wildman–Crippen MR) is 76.1 cm³/mol. The standard InChI is InChI=1S/C13H16BrN3O2/c1-17-7-10(6-16-17)8-19-13-11(14)3-9(5-15)4-12(13)18-2/h3-4,6-7H,5,8,15H2,1-2H3. The zero-order valence-corrected chi connectivity index (χ0v) is 12.5. The molecule has 2 aromatic rings. The van der Waals surface area contributed by atoms with Crippen LogP contribution in [0.15, 0.2) is 29.0 Å². The van der Waals surface area contributed by atoms with E-state index in [0.29, 0.717) is 24.7 Å². The molecule has 0 saturated carbocycles. The Balaban J connectivity index is 2.19. The van der Waals surface area contributed by atoms with Gasteiger partial charge < -0.3 is 15.2 Å². The largest absolute Gasteiger partial charge is 0.493 e. The molecule has 0 aliphatic carbocycles. The van der Waals surface area contributed by atoms with Crippen LogP contribution in [0.2, 0.25) is 0 Å². The average Bonchev–Trinajstić information content (AvgIpc) is 2.82. The summed E-state index contributed by atoms with van der Waals surface area (Å²) in [7, 11) is 3.48. The van der Waals surface area contributed by atoms with Crippen LogP contribution in [0.5, 0.6) is 11.5 Å². The number of nitrogens with zero attached hydrogens (tertiary/aromatic N) is 2. The fraction of sp³-hybridized carbons (Fsp3) is 0.308. The lowest BCUT2D eigenvalue weighted by atomic mass is 10.2. The average molecular weight is 326 g/mol. The third-order valence-corrected chi connectivity index (χ3v) is 3.26. The second kappa shape index (κ2) is 6.08. The number of nitrogens with two attached hydrogens (primary N) is 1. The summed E-state index contributed by atoms with van der Waals surface area (Å²) >= 11 is 3.48. The second-order valence-electron chi connectivity index (χ2n) is 4.12. The van der Waals surface area contributed by atoms with Gasteiger partial charge in [-0.1, -0.05) is 0 Å². The highest BCUT2D eigenvalue weighted by molar-refractivity contribution is 9.10. The molecule has 0 saturated heterocycles. The summed E-state index contributed by atoms with van der Waals surface area (Å²) in [6.45, 7) is 0.891. The minimum Gasteiger partial charge on any atom is -0.493 e. The number of aromatic nitrogens is 2. The van der Waals surface area contributed by atoms with Crippen LogP contribution in [0.1, 0.15) is 11.1 Å². The van der Waals surface area contributed by atoms with Gasteiger partial charge in [0.1, 0.15) is 6.61 Å². The minimum atomic E-state index is 0.435. The topological polar surface area (TPSA) is 62.3 Å². The molecule has 0 aliphatic heterocycles. The molecule has 2 N–H and O–H groups in total. The molecule has 2 rings (SSSR count). The zero-order chi connectivity index (χ0) is 13.8. The van der Waals surface area contributed by atoms with Gasteiger partial charge in [-0.25, -0.2) is 0 Å². The van der Waals surface area contributed by atoms with Gasteiger partial charge in [-0.2, -0.15) is 5.10 Å². The van der Waals surface area contributed by atoms with E-state index in [2.05, 4.69) is 21.0 Å². The van der Waals surface area contributed by atoms with E-state index in [9.17, 15) is 0 Å². The van der Waals surface area contributed by atoms with E-state index in [1.54, 1.807) is 18.0 Å². The third kappa shape index (κ3) is 3.27. The van der Waals surface area contributed by atoms with E-state index in [4.69, 9.17) is 15.2 Å². The molecule has 0 radical (unpaired) electrons. The van der Waals surface area contributed by atoms with Gasteiger partial charge in [0.25, 0.3) is 0 Å². The number of methoxy groups -OCH3 is 1. The van der Waals surface area contributed by atoms with Crippen LogP contribution in [0.25, 0.3) is 0 Å². The summed E-state index contributed by atoms with van der Waals surface area (Å²) in [6, 6.07) is 3.81. The second-order valence-corrected chi connectivity index (χ2v) is 4.98. The van der Waals surface area contributed by atoms with Gasteiger partial charge in [0.2, 0.25) is 0 Å². The molecular weight excluding hydrogens is 310 g/mol. The quantitative estimate of drug-likeness (QED) is 0.915. The number of hydrogen-bond donors (Lipinski definition) is 1. The van der Waals surface area contributed by atoms with Crippen LogP contribution >= 0.6 is 15.9 Å². The van der Waals surface area contributed by atoms with Gasteiger partial charge in [-0.15, -0.1) is 0 Å². The first-order valence-corrected chi connectivity index (χ1v) is 6.60. The monoisotopic (exact) mass is 325 g/mol. The number of aryl methyl sites for hydroxylation is 1. The van der Waals surface area contributed by atoms with E-state index in [1.165, 1.54) is 0 Å². The zero-order valence-electron chi connectivity index (χ0n) is 10.9. The Hall–Kier alpha value is -1.53. The molecule has 6 heteroatoms. The number of halogens is 1. The molecule has 0 atom stereocenters. The van der Waals surface area contributed by atoms with E-state index in [-0.39, 0.29) is 0 Å². The summed E-state index contributed by atoms with van der Waals surface area (Å²) in [5, 5.41) is 4.10. The number of rotatable bonds is 5. The van der Waals surface area contributed by atoms with E-state index < -0.39 is 0 Å². The Morgan fingerprint density at radius 2 is 2.16 bits per heavy atom. The first kappa shape index (κ1) is 13.9. The summed E-state index contributed by atoms with van der Waals surface area (Å²) < 4.78 is 13.7. The summed E-state index contributed by atoms with van der Waals surface area (Å²) in [4.78, 5) is 0. The first-order valence-electron chi connectivity index (χ1n) is 5.81. The lowest BCUT2D eigenvalue weighted by molar-refractivity contribution is 0.282. The highest BCUT2D eigenvalue weighted by atomic mass is 79.9. The molecule has 102 valence electrons. The SMILES string of the molecule is COc1cc(CN)cc(Br)c1OCc1cnn(C)c1. The van der Waals surface area contributed by atoms with Gasteiger partial charge in [0.15, 0.2) is 11.5 Å². The molecular formula is C13H16BrN3O2. The Kier molecular flexibility index (Phi) is 4.44. The summed E-state index contributed by atoms with van der Waals surface area (Å²) in [5.74, 6) is 1.34. The fourth-order valence-corrected chi connectivity index (χ4v) is 2.34. The highest BCUT2D eigenvalue weighted by Gasteiger charge is 2.11. The molecule has 0 amide bonds. The van der Waals surface area contributed by atoms with E-state index in [1.807, 2.05) is 25.4 Å². The van der Waals surface area contributed by atoms with Crippen LogP contribution in [0.4, 0.5) is 0 Å². The molecule has 0 bridgehead atoms. The Bertz CT molecular complexity index is 569. The molecule has 0 aliphatic rings. The normalized spacial score (nSPS) is 10.5. The van der Waals surface area contributed by atoms with Gasteiger partial charge in [-0.3, -0.25) is 4.68 Å². The molecule has 1 heterocycles. The van der Waals surface area contributed by atoms with Gasteiger partial charge in [-0.05, 0) is 33.6 Å². The van der Waals surface area contributed by atoms with E-state index >= 15 is 0 Å². The van der Waals surface area contributed by atoms with Gasteiger partial charge in [0, 0.05) is 25.4 Å². The van der Waals surface area contributed by atoms with Gasteiger partial charge >= 0.3 is 0 Å². The maximum absolute atomic E-state index is 5.79. The smallest absolute Gasteiger partial charge is 0.175 e. The van der Waals surface area contributed by atoms with Crippen LogP contribution in [0.3, 0.4) is 0 Å². The van der Waals surface area contributed by atoms with Gasteiger partial charge in [0.05, 0.1) is 17.8 Å². The van der Waals surface area contributed by atoms with Crippen molar-refractivity contribution in [1.29, 1.82) is 0 Å². The fourth-order valence-electron chi connectivity index (χ4n) is 1.73. The third-order valence-electron chi connectivity index (χ3n) is 2.67. The summed E-state index contributed by atoms with van der Waals surface area (Å²) in [5.41, 5.74) is 7.62. The van der Waals surface area contributed by atoms with Crippen LogP contribution in [0, 0.1) is 0 Å². The van der Waals surface area contributed by atoms with Crippen molar-refractivity contribution in [1.82, 2.24) is 9.78 Å². The molecule has 0 fully saturated rings. The minimum absolute atomic E-state index is 0.435. The maximum atomic E-state index is 5.79. The molecule has 1 aromatic carbocycles. The maximum Gasteiger partial charge on any atom is 0.175 e. The lowest BCUT2D eigenvalue weighted by Gasteiger charge is -2.13. The van der Waals surface area contributed by atoms with E-state index in [0.717, 1.165) is 15.6 Å². The van der Waals surface area contributed by atoms with Crippen LogP contribution in [-0.2, 0) is 20.2 Å².